The Bertz CT molecular complexity index is 990. The van der Waals surface area contributed by atoms with Crippen molar-refractivity contribution in [3.63, 3.8) is 0 Å². The summed E-state index contributed by atoms with van der Waals surface area (Å²) in [5.74, 6) is -0.869. The van der Waals surface area contributed by atoms with E-state index in [0.717, 1.165) is 6.07 Å². The summed E-state index contributed by atoms with van der Waals surface area (Å²) < 4.78 is 41.0. The average molecular weight is 407 g/mol. The van der Waals surface area contributed by atoms with Crippen LogP contribution in [0.1, 0.15) is 22.0 Å². The molecule has 2 aromatic rings. The van der Waals surface area contributed by atoms with Gasteiger partial charge >= 0.3 is 6.18 Å². The fourth-order valence-electron chi connectivity index (χ4n) is 2.85. The SMILES string of the molecule is O=C(C1=C(C(F)(F)F)NC(=S)N[C@H]1c1cccc([N+](=O)[O-])c1)c1ccccc1. The number of Topliss-reactive ketones (excluding diaryl/α,β-unsaturated/α-hetero) is 1. The minimum absolute atomic E-state index is 0.0473. The van der Waals surface area contributed by atoms with E-state index in [-0.39, 0.29) is 21.9 Å². The van der Waals surface area contributed by atoms with Crippen LogP contribution in [0.3, 0.4) is 0 Å². The number of nitrogens with zero attached hydrogens (tertiary/aromatic N) is 1. The normalized spacial score (nSPS) is 17.0. The quantitative estimate of drug-likeness (QED) is 0.347. The molecule has 144 valence electrons. The van der Waals surface area contributed by atoms with Gasteiger partial charge in [-0.2, -0.15) is 13.2 Å². The lowest BCUT2D eigenvalue weighted by molar-refractivity contribution is -0.384. The van der Waals surface area contributed by atoms with E-state index in [1.165, 1.54) is 42.5 Å². The molecule has 0 unspecified atom stereocenters. The van der Waals surface area contributed by atoms with Gasteiger partial charge in [-0.05, 0) is 17.8 Å². The molecular weight excluding hydrogens is 395 g/mol. The van der Waals surface area contributed by atoms with Crippen molar-refractivity contribution in [1.82, 2.24) is 10.6 Å². The maximum absolute atomic E-state index is 13.7. The Labute approximate surface area is 162 Å². The van der Waals surface area contributed by atoms with Gasteiger partial charge in [0.05, 0.1) is 16.5 Å². The van der Waals surface area contributed by atoms with E-state index in [2.05, 4.69) is 5.32 Å². The van der Waals surface area contributed by atoms with Crippen molar-refractivity contribution in [2.75, 3.05) is 0 Å². The standard InChI is InChI=1S/C18H12F3N3O3S/c19-18(20,21)16-13(15(25)10-5-2-1-3-6-10)14(22-17(28)23-16)11-7-4-8-12(9-11)24(26)27/h1-9,14H,(H2,22,23,28)/t14-/m0/s1. The number of hydrogen-bond acceptors (Lipinski definition) is 4. The van der Waals surface area contributed by atoms with Crippen LogP contribution in [0.5, 0.6) is 0 Å². The van der Waals surface area contributed by atoms with E-state index >= 15 is 0 Å². The summed E-state index contributed by atoms with van der Waals surface area (Å²) in [6.45, 7) is 0. The number of halogens is 3. The van der Waals surface area contributed by atoms with Gasteiger partial charge in [-0.25, -0.2) is 0 Å². The Morgan fingerprint density at radius 3 is 2.39 bits per heavy atom. The Hall–Kier alpha value is -3.27. The number of thiocarbonyl (C=S) groups is 1. The third-order valence-electron chi connectivity index (χ3n) is 4.05. The van der Waals surface area contributed by atoms with Crippen molar-refractivity contribution in [1.29, 1.82) is 0 Å². The van der Waals surface area contributed by atoms with Gasteiger partial charge < -0.3 is 10.6 Å². The molecule has 1 atom stereocenters. The van der Waals surface area contributed by atoms with Crippen LogP contribution >= 0.6 is 12.2 Å². The highest BCUT2D eigenvalue weighted by Gasteiger charge is 2.44. The van der Waals surface area contributed by atoms with Crippen LogP contribution in [-0.4, -0.2) is 22.0 Å². The molecule has 6 nitrogen and oxygen atoms in total. The first-order valence-corrected chi connectivity index (χ1v) is 8.32. The fourth-order valence-corrected chi connectivity index (χ4v) is 3.07. The summed E-state index contributed by atoms with van der Waals surface area (Å²) in [7, 11) is 0. The summed E-state index contributed by atoms with van der Waals surface area (Å²) in [6.07, 6.45) is -4.88. The first-order chi connectivity index (χ1) is 13.2. The number of allylic oxidation sites excluding steroid dienone is 1. The Morgan fingerprint density at radius 1 is 1.11 bits per heavy atom. The maximum atomic E-state index is 13.7. The second kappa shape index (κ2) is 7.39. The summed E-state index contributed by atoms with van der Waals surface area (Å²) in [4.78, 5) is 23.3. The van der Waals surface area contributed by atoms with Gasteiger partial charge in [0.2, 0.25) is 0 Å². The van der Waals surface area contributed by atoms with Crippen molar-refractivity contribution in [2.24, 2.45) is 0 Å². The number of ketones is 1. The molecule has 0 radical (unpaired) electrons. The molecule has 28 heavy (non-hydrogen) atoms. The van der Waals surface area contributed by atoms with E-state index in [0.29, 0.717) is 0 Å². The van der Waals surface area contributed by atoms with Gasteiger partial charge in [-0.1, -0.05) is 42.5 Å². The zero-order valence-corrected chi connectivity index (χ0v) is 14.8. The number of carbonyl (C=O) groups is 1. The minimum Gasteiger partial charge on any atom is -0.351 e. The number of rotatable bonds is 4. The summed E-state index contributed by atoms with van der Waals surface area (Å²) in [6, 6.07) is 11.2. The first kappa shape index (κ1) is 19.5. The van der Waals surface area contributed by atoms with Crippen molar-refractivity contribution in [2.45, 2.75) is 12.2 Å². The first-order valence-electron chi connectivity index (χ1n) is 7.91. The molecule has 0 saturated heterocycles. The highest BCUT2D eigenvalue weighted by Crippen LogP contribution is 2.37. The van der Waals surface area contributed by atoms with Crippen molar-refractivity contribution >= 4 is 28.8 Å². The van der Waals surface area contributed by atoms with Crippen LogP contribution in [0.15, 0.2) is 65.9 Å². The number of nitrogens with one attached hydrogen (secondary N) is 2. The number of non-ortho nitro benzene ring substituents is 1. The van der Waals surface area contributed by atoms with E-state index in [1.54, 1.807) is 6.07 Å². The molecule has 0 aliphatic carbocycles. The second-order valence-electron chi connectivity index (χ2n) is 5.87. The van der Waals surface area contributed by atoms with Gasteiger partial charge in [0.15, 0.2) is 10.9 Å². The van der Waals surface area contributed by atoms with Gasteiger partial charge in [-0.3, -0.25) is 14.9 Å². The minimum atomic E-state index is -4.88. The molecule has 3 rings (SSSR count). The number of carbonyl (C=O) groups excluding carboxylic acids is 1. The number of nitro benzene ring substituents is 1. The van der Waals surface area contributed by atoms with Crippen LogP contribution in [0, 0.1) is 10.1 Å². The monoisotopic (exact) mass is 407 g/mol. The third-order valence-corrected chi connectivity index (χ3v) is 4.27. The maximum Gasteiger partial charge on any atom is 0.431 e. The summed E-state index contributed by atoms with van der Waals surface area (Å²) in [5, 5.41) is 15.3. The lowest BCUT2D eigenvalue weighted by atomic mass is 9.89. The van der Waals surface area contributed by atoms with E-state index < -0.39 is 34.2 Å². The molecule has 0 spiro atoms. The number of nitro groups is 1. The molecule has 1 aliphatic rings. The number of hydrogen-bond donors (Lipinski definition) is 2. The van der Waals surface area contributed by atoms with Crippen molar-refractivity contribution in [3.8, 4) is 0 Å². The van der Waals surface area contributed by atoms with Crippen LogP contribution in [-0.2, 0) is 0 Å². The summed E-state index contributed by atoms with van der Waals surface area (Å²) >= 11 is 4.87. The second-order valence-corrected chi connectivity index (χ2v) is 6.27. The summed E-state index contributed by atoms with van der Waals surface area (Å²) in [5.41, 5.74) is -2.07. The van der Waals surface area contributed by atoms with Crippen LogP contribution in [0.2, 0.25) is 0 Å². The molecule has 1 heterocycles. The largest absolute Gasteiger partial charge is 0.431 e. The van der Waals surface area contributed by atoms with Gasteiger partial charge in [0.25, 0.3) is 5.69 Å². The van der Waals surface area contributed by atoms with E-state index in [9.17, 15) is 28.1 Å². The number of alkyl halides is 3. The highest BCUT2D eigenvalue weighted by atomic mass is 32.1. The lowest BCUT2D eigenvalue weighted by Gasteiger charge is -2.32. The van der Waals surface area contributed by atoms with Crippen molar-refractivity contribution < 1.29 is 22.9 Å². The van der Waals surface area contributed by atoms with Gasteiger partial charge in [0, 0.05) is 17.7 Å². The predicted molar refractivity (Wildman–Crippen MR) is 98.6 cm³/mol. The fraction of sp³-hybridized carbons (Fsp3) is 0.111. The van der Waals surface area contributed by atoms with E-state index in [4.69, 9.17) is 12.2 Å². The van der Waals surface area contributed by atoms with Crippen LogP contribution in [0.25, 0.3) is 0 Å². The molecule has 0 aromatic heterocycles. The molecule has 1 aliphatic heterocycles. The zero-order valence-electron chi connectivity index (χ0n) is 14.0. The molecule has 0 amide bonds. The predicted octanol–water partition coefficient (Wildman–Crippen LogP) is 3.81. The highest BCUT2D eigenvalue weighted by molar-refractivity contribution is 7.80. The van der Waals surface area contributed by atoms with Crippen molar-refractivity contribution in [3.05, 3.63) is 87.1 Å². The van der Waals surface area contributed by atoms with E-state index in [1.807, 2.05) is 5.32 Å². The van der Waals surface area contributed by atoms with Gasteiger partial charge in [0.1, 0.15) is 5.70 Å². The number of benzene rings is 2. The van der Waals surface area contributed by atoms with Crippen LogP contribution in [0.4, 0.5) is 18.9 Å². The Kier molecular flexibility index (Phi) is 5.14. The molecule has 2 N–H and O–H groups in total. The zero-order chi connectivity index (χ0) is 20.5. The van der Waals surface area contributed by atoms with Gasteiger partial charge in [-0.15, -0.1) is 0 Å². The molecule has 0 bridgehead atoms. The molecule has 0 saturated carbocycles. The molecule has 2 aromatic carbocycles. The average Bonchev–Trinajstić information content (AvgIpc) is 2.67. The topological polar surface area (TPSA) is 84.3 Å². The Balaban J connectivity index is 2.21. The third kappa shape index (κ3) is 3.86. The molecular formula is C18H12F3N3O3S. The molecule has 0 fully saturated rings. The van der Waals surface area contributed by atoms with Crippen LogP contribution < -0.4 is 10.6 Å². The Morgan fingerprint density at radius 2 is 1.79 bits per heavy atom. The lowest BCUT2D eigenvalue weighted by Crippen LogP contribution is -2.49. The molecule has 10 heteroatoms. The smallest absolute Gasteiger partial charge is 0.351 e.